The summed E-state index contributed by atoms with van der Waals surface area (Å²) in [6.45, 7) is 3.03. The number of nitrogens with zero attached hydrogens (tertiary/aromatic N) is 1. The van der Waals surface area contributed by atoms with Crippen molar-refractivity contribution < 1.29 is 14.3 Å². The smallest absolute Gasteiger partial charge is 0.325 e. The molecule has 3 amide bonds. The van der Waals surface area contributed by atoms with E-state index in [1.54, 1.807) is 31.4 Å². The number of methoxy groups -OCH3 is 1. The van der Waals surface area contributed by atoms with Crippen LogP contribution >= 0.6 is 0 Å². The van der Waals surface area contributed by atoms with Gasteiger partial charge in [0, 0.05) is 17.9 Å². The van der Waals surface area contributed by atoms with Crippen molar-refractivity contribution in [3.8, 4) is 5.75 Å². The van der Waals surface area contributed by atoms with Crippen molar-refractivity contribution in [2.45, 2.75) is 19.8 Å². The maximum atomic E-state index is 12.3. The number of carbonyl (C=O) groups is 2. The number of urea groups is 1. The van der Waals surface area contributed by atoms with Crippen LogP contribution in [0.5, 0.6) is 5.75 Å². The molecule has 0 bridgehead atoms. The highest BCUT2D eigenvalue weighted by atomic mass is 16.5. The van der Waals surface area contributed by atoms with Crippen molar-refractivity contribution in [3.05, 3.63) is 53.6 Å². The third-order valence-corrected chi connectivity index (χ3v) is 4.39. The largest absolute Gasteiger partial charge is 0.497 e. The van der Waals surface area contributed by atoms with Crippen molar-refractivity contribution in [2.75, 3.05) is 30.4 Å². The molecule has 6 nitrogen and oxygen atoms in total. The fourth-order valence-electron chi connectivity index (χ4n) is 3.14. The van der Waals surface area contributed by atoms with Crippen LogP contribution in [0.2, 0.25) is 0 Å². The van der Waals surface area contributed by atoms with Gasteiger partial charge in [0.05, 0.1) is 13.7 Å². The van der Waals surface area contributed by atoms with Crippen molar-refractivity contribution >= 4 is 23.3 Å². The summed E-state index contributed by atoms with van der Waals surface area (Å²) in [5.41, 5.74) is 4.14. The molecule has 2 N–H and O–H groups in total. The summed E-state index contributed by atoms with van der Waals surface area (Å²) in [6, 6.07) is 12.6. The predicted octanol–water partition coefficient (Wildman–Crippen LogP) is 3.10. The number of rotatable bonds is 4. The molecule has 26 heavy (non-hydrogen) atoms. The third-order valence-electron chi connectivity index (χ3n) is 4.39. The van der Waals surface area contributed by atoms with Crippen LogP contribution in [0, 0.1) is 6.92 Å². The molecule has 0 atom stereocenters. The Bertz CT molecular complexity index is 802. The summed E-state index contributed by atoms with van der Waals surface area (Å²) in [7, 11) is 1.58. The van der Waals surface area contributed by atoms with E-state index < -0.39 is 6.03 Å². The summed E-state index contributed by atoms with van der Waals surface area (Å²) in [6.07, 6.45) is 2.02. The van der Waals surface area contributed by atoms with Crippen molar-refractivity contribution in [1.82, 2.24) is 5.32 Å². The molecule has 0 radical (unpaired) electrons. The maximum absolute atomic E-state index is 12.3. The van der Waals surface area contributed by atoms with E-state index >= 15 is 0 Å². The highest BCUT2D eigenvalue weighted by Gasteiger charge is 2.20. The Hall–Kier alpha value is -3.02. The Morgan fingerprint density at radius 3 is 2.65 bits per heavy atom. The zero-order valence-electron chi connectivity index (χ0n) is 15.0. The number of fused-ring (bicyclic) bond motifs is 1. The SMILES string of the molecule is COc1ccc(NC(=O)NC(=O)CN2CCCc3cc(C)ccc32)cc1. The molecule has 1 heterocycles. The quantitative estimate of drug-likeness (QED) is 0.886. The van der Waals surface area contributed by atoms with Crippen molar-refractivity contribution in [1.29, 1.82) is 0 Å². The molecule has 0 aromatic heterocycles. The van der Waals surface area contributed by atoms with E-state index in [4.69, 9.17) is 4.74 Å². The first kappa shape index (κ1) is 17.8. The van der Waals surface area contributed by atoms with Crippen LogP contribution in [0.1, 0.15) is 17.5 Å². The summed E-state index contributed by atoms with van der Waals surface area (Å²) >= 11 is 0. The number of aryl methyl sites for hydroxylation is 2. The molecule has 6 heteroatoms. The fourth-order valence-corrected chi connectivity index (χ4v) is 3.14. The van der Waals surface area contributed by atoms with Crippen molar-refractivity contribution in [3.63, 3.8) is 0 Å². The van der Waals surface area contributed by atoms with Crippen LogP contribution in [-0.2, 0) is 11.2 Å². The number of ether oxygens (including phenoxy) is 1. The number of hydrogen-bond acceptors (Lipinski definition) is 4. The van der Waals surface area contributed by atoms with Gasteiger partial charge in [0.2, 0.25) is 5.91 Å². The topological polar surface area (TPSA) is 70.7 Å². The molecule has 0 aliphatic carbocycles. The lowest BCUT2D eigenvalue weighted by Gasteiger charge is -2.30. The number of hydrogen-bond donors (Lipinski definition) is 2. The number of imide groups is 1. The van der Waals surface area contributed by atoms with Gasteiger partial charge in [-0.2, -0.15) is 0 Å². The Morgan fingerprint density at radius 1 is 1.15 bits per heavy atom. The highest BCUT2D eigenvalue weighted by Crippen LogP contribution is 2.27. The maximum Gasteiger partial charge on any atom is 0.325 e. The molecule has 2 aromatic carbocycles. The Morgan fingerprint density at radius 2 is 1.92 bits per heavy atom. The van der Waals surface area contributed by atoms with Gasteiger partial charge in [0.25, 0.3) is 0 Å². The highest BCUT2D eigenvalue weighted by molar-refractivity contribution is 6.02. The van der Waals surface area contributed by atoms with Crippen molar-refractivity contribution in [2.24, 2.45) is 0 Å². The molecule has 136 valence electrons. The molecule has 0 unspecified atom stereocenters. The average molecular weight is 353 g/mol. The minimum absolute atomic E-state index is 0.159. The Kier molecular flexibility index (Phi) is 5.41. The second kappa shape index (κ2) is 7.91. The fraction of sp³-hybridized carbons (Fsp3) is 0.300. The Balaban J connectivity index is 1.56. The molecule has 3 rings (SSSR count). The lowest BCUT2D eigenvalue weighted by Crippen LogP contribution is -2.43. The molecule has 1 aliphatic heterocycles. The molecular formula is C20H23N3O3. The molecular weight excluding hydrogens is 330 g/mol. The van der Waals surface area contributed by atoms with E-state index in [1.807, 2.05) is 11.0 Å². The van der Waals surface area contributed by atoms with Crippen LogP contribution in [0.3, 0.4) is 0 Å². The third kappa shape index (κ3) is 4.33. The van der Waals surface area contributed by atoms with Gasteiger partial charge < -0.3 is 15.0 Å². The van der Waals surface area contributed by atoms with E-state index in [9.17, 15) is 9.59 Å². The number of amides is 3. The average Bonchev–Trinajstić information content (AvgIpc) is 2.62. The van der Waals surface area contributed by atoms with Crippen LogP contribution in [-0.4, -0.2) is 32.1 Å². The van der Waals surface area contributed by atoms with Crippen LogP contribution in [0.15, 0.2) is 42.5 Å². The zero-order chi connectivity index (χ0) is 18.5. The minimum Gasteiger partial charge on any atom is -0.497 e. The lowest BCUT2D eigenvalue weighted by molar-refractivity contribution is -0.118. The molecule has 1 aliphatic rings. The van der Waals surface area contributed by atoms with E-state index in [0.717, 1.165) is 25.1 Å². The molecule has 0 spiro atoms. The standard InChI is InChI=1S/C20H23N3O3/c1-14-5-10-18-15(12-14)4-3-11-23(18)13-19(24)22-20(25)21-16-6-8-17(26-2)9-7-16/h5-10,12H,3-4,11,13H2,1-2H3,(H2,21,22,24,25). The molecule has 0 saturated carbocycles. The first-order valence-corrected chi connectivity index (χ1v) is 8.64. The summed E-state index contributed by atoms with van der Waals surface area (Å²) in [5.74, 6) is 0.371. The van der Waals surface area contributed by atoms with Gasteiger partial charge in [-0.15, -0.1) is 0 Å². The van der Waals surface area contributed by atoms with E-state index in [-0.39, 0.29) is 12.5 Å². The molecule has 2 aromatic rings. The minimum atomic E-state index is -0.540. The first-order chi connectivity index (χ1) is 12.5. The van der Waals surface area contributed by atoms with Crippen LogP contribution in [0.4, 0.5) is 16.2 Å². The van der Waals surface area contributed by atoms with Gasteiger partial charge in [-0.3, -0.25) is 10.1 Å². The Labute approximate surface area is 153 Å². The number of nitrogens with one attached hydrogen (secondary N) is 2. The van der Waals surface area contributed by atoms with Gasteiger partial charge in [0.15, 0.2) is 0 Å². The molecule has 0 saturated heterocycles. The van der Waals surface area contributed by atoms with Gasteiger partial charge in [-0.05, 0) is 55.7 Å². The zero-order valence-corrected chi connectivity index (χ0v) is 15.0. The number of benzene rings is 2. The van der Waals surface area contributed by atoms with Gasteiger partial charge in [-0.25, -0.2) is 4.79 Å². The summed E-state index contributed by atoms with van der Waals surface area (Å²) in [4.78, 5) is 26.3. The van der Waals surface area contributed by atoms with Gasteiger partial charge in [0.1, 0.15) is 5.75 Å². The van der Waals surface area contributed by atoms with Gasteiger partial charge >= 0.3 is 6.03 Å². The second-order valence-electron chi connectivity index (χ2n) is 6.39. The summed E-state index contributed by atoms with van der Waals surface area (Å²) < 4.78 is 5.07. The first-order valence-electron chi connectivity index (χ1n) is 8.64. The lowest BCUT2D eigenvalue weighted by atomic mass is 9.99. The van der Waals surface area contributed by atoms with E-state index in [0.29, 0.717) is 11.4 Å². The second-order valence-corrected chi connectivity index (χ2v) is 6.39. The monoisotopic (exact) mass is 353 g/mol. The van der Waals surface area contributed by atoms with Crippen LogP contribution < -0.4 is 20.3 Å². The van der Waals surface area contributed by atoms with Gasteiger partial charge in [-0.1, -0.05) is 17.7 Å². The summed E-state index contributed by atoms with van der Waals surface area (Å²) in [5, 5.41) is 5.03. The van der Waals surface area contributed by atoms with Crippen LogP contribution in [0.25, 0.3) is 0 Å². The molecule has 0 fully saturated rings. The number of anilines is 2. The van der Waals surface area contributed by atoms with E-state index in [2.05, 4.69) is 29.7 Å². The predicted molar refractivity (Wildman–Crippen MR) is 102 cm³/mol. The number of carbonyl (C=O) groups excluding carboxylic acids is 2. The van der Waals surface area contributed by atoms with E-state index in [1.165, 1.54) is 11.1 Å². The normalized spacial score (nSPS) is 12.9.